The first-order chi connectivity index (χ1) is 11.2. The molecule has 2 aromatic heterocycles. The first-order valence-electron chi connectivity index (χ1n) is 7.02. The molecule has 5 heteroatoms. The van der Waals surface area contributed by atoms with E-state index in [9.17, 15) is 15.0 Å². The van der Waals surface area contributed by atoms with E-state index in [4.69, 9.17) is 0 Å². The minimum Gasteiger partial charge on any atom is -0.479 e. The van der Waals surface area contributed by atoms with Crippen molar-refractivity contribution in [1.82, 2.24) is 9.97 Å². The van der Waals surface area contributed by atoms with E-state index in [1.807, 2.05) is 24.3 Å². The fourth-order valence-corrected chi connectivity index (χ4v) is 2.44. The maximum absolute atomic E-state index is 11.3. The molecule has 0 aliphatic heterocycles. The van der Waals surface area contributed by atoms with Gasteiger partial charge in [-0.3, -0.25) is 9.97 Å². The number of carboxylic acid groups (broad SMARTS) is 1. The van der Waals surface area contributed by atoms with E-state index in [-0.39, 0.29) is 0 Å². The lowest BCUT2D eigenvalue weighted by Gasteiger charge is -2.15. The molecule has 0 fully saturated rings. The van der Waals surface area contributed by atoms with Crippen LogP contribution in [-0.2, 0) is 4.79 Å². The van der Waals surface area contributed by atoms with Crippen molar-refractivity contribution in [2.24, 2.45) is 0 Å². The highest BCUT2D eigenvalue weighted by Gasteiger charge is 2.21. The minimum absolute atomic E-state index is 0.345. The highest BCUT2D eigenvalue weighted by atomic mass is 16.4. The molecule has 0 saturated heterocycles. The van der Waals surface area contributed by atoms with Crippen LogP contribution in [0, 0.1) is 0 Å². The van der Waals surface area contributed by atoms with Gasteiger partial charge in [-0.25, -0.2) is 4.79 Å². The van der Waals surface area contributed by atoms with Crippen LogP contribution in [0.25, 0.3) is 22.3 Å². The van der Waals surface area contributed by atoms with Crippen LogP contribution in [0.3, 0.4) is 0 Å². The van der Waals surface area contributed by atoms with Gasteiger partial charge in [-0.15, -0.1) is 0 Å². The predicted molar refractivity (Wildman–Crippen MR) is 85.5 cm³/mol. The normalized spacial score (nSPS) is 11.9. The van der Waals surface area contributed by atoms with Gasteiger partial charge in [0.05, 0.1) is 0 Å². The van der Waals surface area contributed by atoms with Gasteiger partial charge in [0, 0.05) is 30.4 Å². The highest BCUT2D eigenvalue weighted by molar-refractivity contribution is 5.81. The molecule has 5 nitrogen and oxygen atoms in total. The van der Waals surface area contributed by atoms with Gasteiger partial charge >= 0.3 is 5.97 Å². The van der Waals surface area contributed by atoms with Crippen LogP contribution in [0.15, 0.2) is 67.3 Å². The molecule has 23 heavy (non-hydrogen) atoms. The maximum Gasteiger partial charge on any atom is 0.337 e. The van der Waals surface area contributed by atoms with Gasteiger partial charge in [-0.2, -0.15) is 0 Å². The quantitative estimate of drug-likeness (QED) is 0.774. The van der Waals surface area contributed by atoms with Crippen molar-refractivity contribution >= 4 is 5.97 Å². The predicted octanol–water partition coefficient (Wildman–Crippen LogP) is 2.93. The Kier molecular flexibility index (Phi) is 4.12. The number of aliphatic hydroxyl groups is 1. The highest BCUT2D eigenvalue weighted by Crippen LogP contribution is 2.32. The first-order valence-corrected chi connectivity index (χ1v) is 7.02. The summed E-state index contributed by atoms with van der Waals surface area (Å²) in [4.78, 5) is 19.2. The smallest absolute Gasteiger partial charge is 0.337 e. The Morgan fingerprint density at radius 1 is 0.826 bits per heavy atom. The number of pyridine rings is 2. The van der Waals surface area contributed by atoms with Crippen LogP contribution in [0.4, 0.5) is 0 Å². The minimum atomic E-state index is -1.60. The number of carbonyl (C=O) groups is 1. The summed E-state index contributed by atoms with van der Waals surface area (Å²) in [5.41, 5.74) is 3.54. The molecule has 3 aromatic rings. The Morgan fingerprint density at radius 3 is 1.96 bits per heavy atom. The SMILES string of the molecule is O=C(O)C(O)c1cc(-c2ccncc2)ccc1-c1ccncc1. The molecule has 0 bridgehead atoms. The van der Waals surface area contributed by atoms with Gasteiger partial charge in [0.2, 0.25) is 0 Å². The van der Waals surface area contributed by atoms with Crippen LogP contribution in [0.2, 0.25) is 0 Å². The Balaban J connectivity index is 2.16. The number of rotatable bonds is 4. The van der Waals surface area contributed by atoms with Crippen LogP contribution in [-0.4, -0.2) is 26.2 Å². The average molecular weight is 306 g/mol. The topological polar surface area (TPSA) is 83.3 Å². The molecular formula is C18H14N2O3. The molecular weight excluding hydrogens is 292 g/mol. The van der Waals surface area contributed by atoms with Gasteiger partial charge in [-0.1, -0.05) is 12.1 Å². The van der Waals surface area contributed by atoms with Crippen molar-refractivity contribution in [2.75, 3.05) is 0 Å². The molecule has 1 unspecified atom stereocenters. The Bertz CT molecular complexity index is 820. The molecule has 2 heterocycles. The number of nitrogens with zero attached hydrogens (tertiary/aromatic N) is 2. The summed E-state index contributed by atoms with van der Waals surface area (Å²) in [6.07, 6.45) is 4.99. The first kappa shape index (κ1) is 14.9. The second-order valence-corrected chi connectivity index (χ2v) is 5.01. The summed E-state index contributed by atoms with van der Waals surface area (Å²) in [6, 6.07) is 12.6. The van der Waals surface area contributed by atoms with Crippen molar-refractivity contribution in [2.45, 2.75) is 6.10 Å². The zero-order valence-electron chi connectivity index (χ0n) is 12.1. The van der Waals surface area contributed by atoms with Crippen molar-refractivity contribution in [1.29, 1.82) is 0 Å². The largest absolute Gasteiger partial charge is 0.479 e. The van der Waals surface area contributed by atoms with Crippen LogP contribution < -0.4 is 0 Å². The van der Waals surface area contributed by atoms with E-state index >= 15 is 0 Å². The molecule has 1 atom stereocenters. The summed E-state index contributed by atoms with van der Waals surface area (Å²) >= 11 is 0. The Labute approximate surface area is 132 Å². The molecule has 0 saturated carbocycles. The number of aromatic nitrogens is 2. The van der Waals surface area contributed by atoms with Gasteiger partial charge in [-0.05, 0) is 52.6 Å². The number of benzene rings is 1. The van der Waals surface area contributed by atoms with Crippen LogP contribution in [0.1, 0.15) is 11.7 Å². The molecule has 0 amide bonds. The van der Waals surface area contributed by atoms with E-state index in [2.05, 4.69) is 9.97 Å². The number of aliphatic carboxylic acids is 1. The lowest BCUT2D eigenvalue weighted by atomic mass is 9.93. The number of carboxylic acids is 1. The lowest BCUT2D eigenvalue weighted by Crippen LogP contribution is -2.11. The van der Waals surface area contributed by atoms with E-state index < -0.39 is 12.1 Å². The standard InChI is InChI=1S/C18H14N2O3/c21-17(18(22)23)16-11-14(12-3-7-19-8-4-12)1-2-15(16)13-5-9-20-10-6-13/h1-11,17,21H,(H,22,23). The number of aliphatic hydroxyl groups excluding tert-OH is 1. The van der Waals surface area contributed by atoms with Crippen LogP contribution >= 0.6 is 0 Å². The van der Waals surface area contributed by atoms with Crippen molar-refractivity contribution < 1.29 is 15.0 Å². The fourth-order valence-electron chi connectivity index (χ4n) is 2.44. The summed E-state index contributed by atoms with van der Waals surface area (Å²) < 4.78 is 0. The maximum atomic E-state index is 11.3. The van der Waals surface area contributed by atoms with Crippen molar-refractivity contribution in [3.05, 3.63) is 72.8 Å². The van der Waals surface area contributed by atoms with E-state index in [1.165, 1.54) is 0 Å². The molecule has 2 N–H and O–H groups in total. The lowest BCUT2D eigenvalue weighted by molar-refractivity contribution is -0.146. The molecule has 0 aliphatic rings. The second-order valence-electron chi connectivity index (χ2n) is 5.01. The Hall–Kier alpha value is -3.05. The van der Waals surface area contributed by atoms with Gasteiger partial charge < -0.3 is 10.2 Å². The average Bonchev–Trinajstić information content (AvgIpc) is 2.62. The second kappa shape index (κ2) is 6.37. The summed E-state index contributed by atoms with van der Waals surface area (Å²) in [5.74, 6) is -1.29. The van der Waals surface area contributed by atoms with E-state index in [1.54, 1.807) is 43.0 Å². The molecule has 0 aliphatic carbocycles. The zero-order valence-corrected chi connectivity index (χ0v) is 12.1. The molecule has 0 spiro atoms. The van der Waals surface area contributed by atoms with Gasteiger partial charge in [0.25, 0.3) is 0 Å². The molecule has 0 radical (unpaired) electrons. The summed E-state index contributed by atoms with van der Waals surface area (Å²) in [7, 11) is 0. The van der Waals surface area contributed by atoms with Gasteiger partial charge in [0.15, 0.2) is 6.10 Å². The molecule has 1 aromatic carbocycles. The monoisotopic (exact) mass is 306 g/mol. The van der Waals surface area contributed by atoms with Crippen molar-refractivity contribution in [3.8, 4) is 22.3 Å². The third-order valence-electron chi connectivity index (χ3n) is 3.59. The van der Waals surface area contributed by atoms with E-state index in [0.29, 0.717) is 11.1 Å². The fraction of sp³-hybridized carbons (Fsp3) is 0.0556. The summed E-state index contributed by atoms with van der Waals surface area (Å²) in [6.45, 7) is 0. The molecule has 3 rings (SSSR count). The van der Waals surface area contributed by atoms with Crippen LogP contribution in [0.5, 0.6) is 0 Å². The van der Waals surface area contributed by atoms with Gasteiger partial charge in [0.1, 0.15) is 0 Å². The number of hydrogen-bond donors (Lipinski definition) is 2. The Morgan fingerprint density at radius 2 is 1.39 bits per heavy atom. The third kappa shape index (κ3) is 3.09. The zero-order chi connectivity index (χ0) is 16.2. The van der Waals surface area contributed by atoms with Crippen molar-refractivity contribution in [3.63, 3.8) is 0 Å². The number of hydrogen-bond acceptors (Lipinski definition) is 4. The molecule has 114 valence electrons. The summed E-state index contributed by atoms with van der Waals surface area (Å²) in [5, 5.41) is 19.3. The van der Waals surface area contributed by atoms with E-state index in [0.717, 1.165) is 16.7 Å². The third-order valence-corrected chi connectivity index (χ3v) is 3.59.